The summed E-state index contributed by atoms with van der Waals surface area (Å²) in [5, 5.41) is 2.77. The molecule has 0 bridgehead atoms. The van der Waals surface area contributed by atoms with Gasteiger partial charge in [0.1, 0.15) is 0 Å². The summed E-state index contributed by atoms with van der Waals surface area (Å²) in [6, 6.07) is 6.05. The molecule has 1 fully saturated rings. The fraction of sp³-hybridized carbons (Fsp3) is 0.500. The van der Waals surface area contributed by atoms with Crippen LogP contribution in [0.4, 0.5) is 0 Å². The van der Waals surface area contributed by atoms with Gasteiger partial charge in [0.15, 0.2) is 0 Å². The highest BCUT2D eigenvalue weighted by Gasteiger charge is 2.26. The highest BCUT2D eigenvalue weighted by atomic mass is 32.2. The van der Waals surface area contributed by atoms with E-state index in [9.17, 15) is 13.2 Å². The molecule has 1 amide bonds. The van der Waals surface area contributed by atoms with Gasteiger partial charge in [-0.1, -0.05) is 0 Å². The molecule has 0 spiro atoms. The summed E-state index contributed by atoms with van der Waals surface area (Å²) in [6.07, 6.45) is 0. The van der Waals surface area contributed by atoms with Crippen LogP contribution in [0, 0.1) is 0 Å². The summed E-state index contributed by atoms with van der Waals surface area (Å²) in [6.45, 7) is 5.28. The van der Waals surface area contributed by atoms with Crippen LogP contribution in [0.15, 0.2) is 29.2 Å². The van der Waals surface area contributed by atoms with E-state index in [1.807, 2.05) is 13.8 Å². The zero-order chi connectivity index (χ0) is 15.5. The van der Waals surface area contributed by atoms with Crippen LogP contribution in [0.25, 0.3) is 0 Å². The largest absolute Gasteiger partial charge is 0.379 e. The Labute approximate surface area is 125 Å². The van der Waals surface area contributed by atoms with Crippen molar-refractivity contribution in [1.29, 1.82) is 0 Å². The van der Waals surface area contributed by atoms with E-state index in [2.05, 4.69) is 5.32 Å². The molecular formula is C14H20N2O4S. The SMILES string of the molecule is CC(C)NC(=O)c1ccc(S(=O)(=O)N2CCOCC2)cc1. The quantitative estimate of drug-likeness (QED) is 0.894. The summed E-state index contributed by atoms with van der Waals surface area (Å²) in [5.74, 6) is -0.208. The minimum absolute atomic E-state index is 0.0364. The number of morpholine rings is 1. The van der Waals surface area contributed by atoms with E-state index >= 15 is 0 Å². The maximum atomic E-state index is 12.4. The second kappa shape index (κ2) is 6.55. The topological polar surface area (TPSA) is 75.7 Å². The molecule has 0 atom stereocenters. The Morgan fingerprint density at radius 2 is 1.76 bits per heavy atom. The molecule has 0 radical (unpaired) electrons. The standard InChI is InChI=1S/C14H20N2O4S/c1-11(2)15-14(17)12-3-5-13(6-4-12)21(18,19)16-7-9-20-10-8-16/h3-6,11H,7-10H2,1-2H3,(H,15,17). The van der Waals surface area contributed by atoms with Gasteiger partial charge in [-0.2, -0.15) is 4.31 Å². The van der Waals surface area contributed by atoms with Crippen molar-refractivity contribution in [3.8, 4) is 0 Å². The van der Waals surface area contributed by atoms with E-state index in [0.29, 0.717) is 31.9 Å². The Balaban J connectivity index is 2.16. The van der Waals surface area contributed by atoms with Crippen molar-refractivity contribution in [1.82, 2.24) is 9.62 Å². The number of nitrogens with zero attached hydrogens (tertiary/aromatic N) is 1. The molecule has 116 valence electrons. The van der Waals surface area contributed by atoms with Crippen LogP contribution in [-0.4, -0.2) is 51.0 Å². The van der Waals surface area contributed by atoms with Crippen LogP contribution in [-0.2, 0) is 14.8 Å². The first-order valence-electron chi connectivity index (χ1n) is 6.90. The predicted octanol–water partition coefficient (Wildman–Crippen LogP) is 0.846. The van der Waals surface area contributed by atoms with Crippen LogP contribution in [0.1, 0.15) is 24.2 Å². The van der Waals surface area contributed by atoms with Crippen molar-refractivity contribution >= 4 is 15.9 Å². The third-order valence-electron chi connectivity index (χ3n) is 3.14. The number of hydrogen-bond acceptors (Lipinski definition) is 4. The molecule has 1 aliphatic heterocycles. The smallest absolute Gasteiger partial charge is 0.251 e. The molecular weight excluding hydrogens is 292 g/mol. The molecule has 1 N–H and O–H groups in total. The summed E-state index contributed by atoms with van der Waals surface area (Å²) in [7, 11) is -3.51. The van der Waals surface area contributed by atoms with Gasteiger partial charge in [-0.15, -0.1) is 0 Å². The first-order chi connectivity index (χ1) is 9.91. The molecule has 0 unspecified atom stereocenters. The molecule has 1 saturated heterocycles. The zero-order valence-corrected chi connectivity index (χ0v) is 13.0. The van der Waals surface area contributed by atoms with Crippen molar-refractivity contribution in [3.63, 3.8) is 0 Å². The van der Waals surface area contributed by atoms with Crippen LogP contribution in [0.3, 0.4) is 0 Å². The van der Waals surface area contributed by atoms with Crippen molar-refractivity contribution in [2.24, 2.45) is 0 Å². The van der Waals surface area contributed by atoms with E-state index < -0.39 is 10.0 Å². The van der Waals surface area contributed by atoms with Crippen LogP contribution >= 0.6 is 0 Å². The summed E-state index contributed by atoms with van der Waals surface area (Å²) in [5.41, 5.74) is 0.449. The second-order valence-corrected chi connectivity index (χ2v) is 7.11. The van der Waals surface area contributed by atoms with Gasteiger partial charge in [-0.05, 0) is 38.1 Å². The van der Waals surface area contributed by atoms with E-state index in [0.717, 1.165) is 0 Å². The normalized spacial score (nSPS) is 16.9. The van der Waals surface area contributed by atoms with E-state index in [-0.39, 0.29) is 16.8 Å². The lowest BCUT2D eigenvalue weighted by atomic mass is 10.2. The number of rotatable bonds is 4. The van der Waals surface area contributed by atoms with Gasteiger partial charge in [0.25, 0.3) is 5.91 Å². The van der Waals surface area contributed by atoms with Crippen molar-refractivity contribution in [2.45, 2.75) is 24.8 Å². The van der Waals surface area contributed by atoms with E-state index in [1.54, 1.807) is 0 Å². The van der Waals surface area contributed by atoms with Gasteiger partial charge in [-0.25, -0.2) is 8.42 Å². The Hall–Kier alpha value is -1.44. The molecule has 2 rings (SSSR count). The predicted molar refractivity (Wildman–Crippen MR) is 78.6 cm³/mol. The van der Waals surface area contributed by atoms with Gasteiger partial charge in [-0.3, -0.25) is 4.79 Å². The summed E-state index contributed by atoms with van der Waals surface area (Å²) < 4.78 is 31.4. The number of carbonyl (C=O) groups excluding carboxylic acids is 1. The van der Waals surface area contributed by atoms with Gasteiger partial charge >= 0.3 is 0 Å². The second-order valence-electron chi connectivity index (χ2n) is 5.17. The molecule has 0 aromatic heterocycles. The Kier molecular flexibility index (Phi) is 4.97. The highest BCUT2D eigenvalue weighted by molar-refractivity contribution is 7.89. The van der Waals surface area contributed by atoms with Crippen molar-refractivity contribution in [2.75, 3.05) is 26.3 Å². The number of benzene rings is 1. The van der Waals surface area contributed by atoms with E-state index in [4.69, 9.17) is 4.74 Å². The fourth-order valence-electron chi connectivity index (χ4n) is 2.06. The first-order valence-corrected chi connectivity index (χ1v) is 8.34. The number of nitrogens with one attached hydrogen (secondary N) is 1. The van der Waals surface area contributed by atoms with Crippen molar-refractivity contribution in [3.05, 3.63) is 29.8 Å². The third-order valence-corrected chi connectivity index (χ3v) is 5.06. The molecule has 6 nitrogen and oxygen atoms in total. The van der Waals surface area contributed by atoms with Crippen molar-refractivity contribution < 1.29 is 17.9 Å². The first kappa shape index (κ1) is 15.9. The number of hydrogen-bond donors (Lipinski definition) is 1. The maximum absolute atomic E-state index is 12.4. The van der Waals surface area contributed by atoms with Gasteiger partial charge in [0.05, 0.1) is 18.1 Å². The maximum Gasteiger partial charge on any atom is 0.251 e. The van der Waals surface area contributed by atoms with Crippen LogP contribution < -0.4 is 5.32 Å². The average Bonchev–Trinajstić information content (AvgIpc) is 2.47. The van der Waals surface area contributed by atoms with Gasteiger partial charge < -0.3 is 10.1 Å². The number of sulfonamides is 1. The molecule has 1 aromatic carbocycles. The lowest BCUT2D eigenvalue weighted by Crippen LogP contribution is -2.40. The monoisotopic (exact) mass is 312 g/mol. The fourth-order valence-corrected chi connectivity index (χ4v) is 3.47. The Bertz CT molecular complexity index is 590. The molecule has 21 heavy (non-hydrogen) atoms. The molecule has 1 aromatic rings. The number of carbonyl (C=O) groups is 1. The minimum Gasteiger partial charge on any atom is -0.379 e. The van der Waals surface area contributed by atoms with Crippen LogP contribution in [0.2, 0.25) is 0 Å². The third kappa shape index (κ3) is 3.81. The Morgan fingerprint density at radius 3 is 2.29 bits per heavy atom. The molecule has 7 heteroatoms. The summed E-state index contributed by atoms with van der Waals surface area (Å²) in [4.78, 5) is 12.0. The van der Waals surface area contributed by atoms with Gasteiger partial charge in [0, 0.05) is 24.7 Å². The lowest BCUT2D eigenvalue weighted by Gasteiger charge is -2.26. The molecule has 1 aliphatic rings. The lowest BCUT2D eigenvalue weighted by molar-refractivity contribution is 0.0730. The molecule has 0 saturated carbocycles. The number of ether oxygens (including phenoxy) is 1. The minimum atomic E-state index is -3.51. The summed E-state index contributed by atoms with van der Waals surface area (Å²) >= 11 is 0. The number of amides is 1. The average molecular weight is 312 g/mol. The zero-order valence-electron chi connectivity index (χ0n) is 12.2. The van der Waals surface area contributed by atoms with Crippen LogP contribution in [0.5, 0.6) is 0 Å². The van der Waals surface area contributed by atoms with E-state index in [1.165, 1.54) is 28.6 Å². The molecule has 0 aliphatic carbocycles. The molecule has 1 heterocycles. The van der Waals surface area contributed by atoms with Gasteiger partial charge in [0.2, 0.25) is 10.0 Å². The highest BCUT2D eigenvalue weighted by Crippen LogP contribution is 2.17. The Morgan fingerprint density at radius 1 is 1.19 bits per heavy atom.